The summed E-state index contributed by atoms with van der Waals surface area (Å²) in [6.07, 6.45) is 34.7. The Bertz CT molecular complexity index is 2370. The Morgan fingerprint density at radius 2 is 0.373 bits per heavy atom. The van der Waals surface area contributed by atoms with Crippen LogP contribution in [0.25, 0.3) is 0 Å². The van der Waals surface area contributed by atoms with Gasteiger partial charge in [0, 0.05) is 78.5 Å². The minimum absolute atomic E-state index is 0.126. The fraction of sp³-hybridized carbons (Fsp3) is 0.714. The smallest absolute Gasteiger partial charge is 0.318 e. The van der Waals surface area contributed by atoms with E-state index in [4.69, 9.17) is 0 Å². The van der Waals surface area contributed by atoms with Crippen molar-refractivity contribution >= 4 is 36.2 Å². The maximum absolute atomic E-state index is 15.1. The number of benzene rings is 3. The van der Waals surface area contributed by atoms with E-state index in [1.54, 1.807) is 0 Å². The summed E-state index contributed by atoms with van der Waals surface area (Å²) in [5.74, 6) is 0. The Morgan fingerprint density at radius 1 is 0.235 bits per heavy atom. The van der Waals surface area contributed by atoms with Crippen molar-refractivity contribution in [3.05, 3.63) is 106 Å². The zero-order chi connectivity index (χ0) is 72.5. The fourth-order valence-corrected chi connectivity index (χ4v) is 16.0. The van der Waals surface area contributed by atoms with Gasteiger partial charge in [-0.05, 0) is 110 Å². The molecule has 6 bridgehead atoms. The zero-order valence-electron chi connectivity index (χ0n) is 64.5. The number of amides is 12. The van der Waals surface area contributed by atoms with Gasteiger partial charge in [-0.3, -0.25) is 0 Å². The molecule has 3 fully saturated rings. The highest BCUT2D eigenvalue weighted by Crippen LogP contribution is 2.35. The van der Waals surface area contributed by atoms with Gasteiger partial charge in [0.1, 0.15) is 0 Å². The van der Waals surface area contributed by atoms with Crippen LogP contribution in [0.2, 0.25) is 0 Å². The summed E-state index contributed by atoms with van der Waals surface area (Å²) in [5, 5.41) is 20.1. The molecule has 10 rings (SSSR count). The van der Waals surface area contributed by atoms with Gasteiger partial charge < -0.3 is 61.3 Å². The molecule has 3 aliphatic carbocycles. The number of hydrogen-bond acceptors (Lipinski definition) is 6. The predicted octanol–water partition coefficient (Wildman–Crippen LogP) is 18.6. The third-order valence-electron chi connectivity index (χ3n) is 22.1. The van der Waals surface area contributed by atoms with Crippen LogP contribution in [0.3, 0.4) is 0 Å². The average molecular weight is 1410 g/mol. The van der Waals surface area contributed by atoms with Gasteiger partial charge in [0.25, 0.3) is 0 Å². The summed E-state index contributed by atoms with van der Waals surface area (Å²) in [4.78, 5) is 103. The Labute approximate surface area is 616 Å². The highest BCUT2D eigenvalue weighted by atomic mass is 16.2. The number of carbonyl (C=O) groups is 6. The molecule has 6 unspecified atom stereocenters. The zero-order valence-corrected chi connectivity index (χ0v) is 64.5. The first-order valence-corrected chi connectivity index (χ1v) is 41.4. The largest absolute Gasteiger partial charge is 0.338 e. The summed E-state index contributed by atoms with van der Waals surface area (Å²) >= 11 is 0. The van der Waals surface area contributed by atoms with Gasteiger partial charge in [-0.2, -0.15) is 0 Å². The molecule has 4 heterocycles. The Balaban J connectivity index is 1.36. The monoisotopic (exact) mass is 1410 g/mol. The molecule has 3 aromatic rings. The van der Waals surface area contributed by atoms with Crippen molar-refractivity contribution in [3.63, 3.8) is 0 Å². The maximum Gasteiger partial charge on any atom is 0.318 e. The van der Waals surface area contributed by atoms with Crippen LogP contribution in [-0.2, 0) is 39.3 Å². The first kappa shape index (κ1) is 82.6. The van der Waals surface area contributed by atoms with Crippen molar-refractivity contribution in [2.45, 2.75) is 348 Å². The number of nitrogens with one attached hydrogen (secondary N) is 6. The lowest BCUT2D eigenvalue weighted by molar-refractivity contribution is 0.0717. The molecule has 0 spiro atoms. The van der Waals surface area contributed by atoms with Crippen LogP contribution in [0.15, 0.2) is 72.8 Å². The van der Waals surface area contributed by atoms with Crippen molar-refractivity contribution < 1.29 is 28.8 Å². The van der Waals surface area contributed by atoms with Crippen molar-refractivity contribution in [2.24, 2.45) is 0 Å². The second kappa shape index (κ2) is 47.6. The molecule has 102 heavy (non-hydrogen) atoms. The van der Waals surface area contributed by atoms with Crippen LogP contribution < -0.4 is 31.9 Å². The molecule has 6 atom stereocenters. The highest BCUT2D eigenvalue weighted by molar-refractivity contribution is 5.78. The summed E-state index contributed by atoms with van der Waals surface area (Å²) in [5.41, 5.74) is 5.80. The summed E-state index contributed by atoms with van der Waals surface area (Å²) in [6.45, 7) is 18.6. The molecule has 18 nitrogen and oxygen atoms in total. The van der Waals surface area contributed by atoms with E-state index >= 15 is 28.8 Å². The molecule has 3 aromatic carbocycles. The molecule has 3 saturated carbocycles. The number of nitrogens with zero attached hydrogens (tertiary/aromatic N) is 6. The van der Waals surface area contributed by atoms with Gasteiger partial charge in [-0.15, -0.1) is 0 Å². The molecule has 0 aromatic heterocycles. The number of urea groups is 6. The Hall–Kier alpha value is -6.72. The van der Waals surface area contributed by atoms with Crippen LogP contribution >= 0.6 is 0 Å². The fourth-order valence-electron chi connectivity index (χ4n) is 16.0. The topological polar surface area (TPSA) is 194 Å². The molecule has 18 heteroatoms. The lowest BCUT2D eigenvalue weighted by Crippen LogP contribution is -2.59. The van der Waals surface area contributed by atoms with Crippen molar-refractivity contribution in [1.29, 1.82) is 0 Å². The Morgan fingerprint density at radius 3 is 0.500 bits per heavy atom. The number of hydrogen-bond donors (Lipinski definition) is 6. The van der Waals surface area contributed by atoms with E-state index in [0.717, 1.165) is 265 Å². The van der Waals surface area contributed by atoms with E-state index in [9.17, 15) is 0 Å². The summed E-state index contributed by atoms with van der Waals surface area (Å²) in [7, 11) is 0. The molecular weight excluding hydrogens is 1270 g/mol. The van der Waals surface area contributed by atoms with E-state index in [1.165, 1.54) is 0 Å². The molecule has 570 valence electrons. The second-order valence-electron chi connectivity index (χ2n) is 30.2. The number of rotatable bonds is 30. The summed E-state index contributed by atoms with van der Waals surface area (Å²) < 4.78 is 0. The predicted molar refractivity (Wildman–Crippen MR) is 416 cm³/mol. The van der Waals surface area contributed by atoms with Gasteiger partial charge in [-0.25, -0.2) is 28.8 Å². The molecule has 0 saturated heterocycles. The van der Waals surface area contributed by atoms with Gasteiger partial charge >= 0.3 is 36.2 Å². The van der Waals surface area contributed by atoms with E-state index in [1.807, 2.05) is 29.4 Å². The molecule has 6 N–H and O–H groups in total. The van der Waals surface area contributed by atoms with Crippen LogP contribution in [0, 0.1) is 0 Å². The van der Waals surface area contributed by atoms with Crippen molar-refractivity contribution in [2.75, 3.05) is 39.3 Å². The molecule has 12 amide bonds. The van der Waals surface area contributed by atoms with Crippen LogP contribution in [0.4, 0.5) is 28.8 Å². The standard InChI is InChI=1S/C84H138N12O6/c1-7-13-19-31-55-85-79(97)91-61-67-43-45-68(46-44-67)63-93(81(99)87-57-33-21-15-9-3)75-39-27-28-40-76(75)95(83(101)89-59-35-23-17-11-5)65-71-51-53-72(54-52-71)66-96(84(102)90-60-36-24-18-12-6)78-42-30-29-41-77(78)94(82(100)88-58-34-22-16-10-4)64-70-49-47-69(48-50-70)62-92(74-38-26-25-37-73(74)91)80(98)86-56-32-20-14-8-2/h43-54,73-78H,7-42,55-66H2,1-6H3,(H,85,97)(H,86,98)(H,87,99)(H,88,100)(H,89,101)(H,90,102). The van der Waals surface area contributed by atoms with E-state index < -0.39 is 0 Å². The van der Waals surface area contributed by atoms with Gasteiger partial charge in [0.05, 0.1) is 36.3 Å². The minimum atomic E-state index is -0.284. The highest BCUT2D eigenvalue weighted by Gasteiger charge is 2.42. The summed E-state index contributed by atoms with van der Waals surface area (Å²) in [6, 6.07) is 22.9. The normalized spacial score (nSPS) is 20.1. The maximum atomic E-state index is 15.1. The lowest BCUT2D eigenvalue weighted by Gasteiger charge is -2.45. The van der Waals surface area contributed by atoms with Gasteiger partial charge in [0.15, 0.2) is 0 Å². The van der Waals surface area contributed by atoms with Crippen molar-refractivity contribution in [3.8, 4) is 0 Å². The van der Waals surface area contributed by atoms with E-state index in [-0.39, 0.29) is 72.4 Å². The van der Waals surface area contributed by atoms with E-state index in [2.05, 4.69) is 146 Å². The van der Waals surface area contributed by atoms with E-state index in [0.29, 0.717) is 78.5 Å². The van der Waals surface area contributed by atoms with Crippen LogP contribution in [-0.4, -0.2) is 141 Å². The lowest BCUT2D eigenvalue weighted by atomic mass is 9.87. The SMILES string of the molecule is CCCCCCNC(=O)N1Cc2ccc(cc2)CN(C(=O)NCCCCCC)C2CCCCC2N(C(=O)NCCCCCC)Cc2ccc(cc2)CN(C(=O)NCCCCCC)C2CCCCC2N(C(=O)NCCCCCC)Cc2ccc(cc2)CN(C(=O)NCCCCCC)C2CCCCC21. The third-order valence-corrected chi connectivity index (χ3v) is 22.1. The Kier molecular flexibility index (Phi) is 38.5. The third kappa shape index (κ3) is 27.4. The molecule has 7 aliphatic rings. The van der Waals surface area contributed by atoms with Crippen molar-refractivity contribution in [1.82, 2.24) is 61.3 Å². The van der Waals surface area contributed by atoms with Gasteiger partial charge in [0.2, 0.25) is 0 Å². The molecule has 4 aliphatic heterocycles. The molecular formula is C84H138N12O6. The number of carbonyl (C=O) groups excluding carboxylic acids is 6. The first-order chi connectivity index (χ1) is 49.9. The first-order valence-electron chi connectivity index (χ1n) is 41.4. The quantitative estimate of drug-likeness (QED) is 0.0360. The average Bonchev–Trinajstić information content (AvgIpc) is 0.800. The number of fused-ring (bicyclic) bond motifs is 3. The molecule has 0 radical (unpaired) electrons. The van der Waals surface area contributed by atoms with Gasteiger partial charge in [-0.1, -0.05) is 268 Å². The van der Waals surface area contributed by atoms with Crippen LogP contribution in [0.1, 0.15) is 306 Å². The second-order valence-corrected chi connectivity index (χ2v) is 30.2. The van der Waals surface area contributed by atoms with Crippen LogP contribution in [0.5, 0.6) is 0 Å². The number of unbranched alkanes of at least 4 members (excludes halogenated alkanes) is 18. The minimum Gasteiger partial charge on any atom is -0.338 e.